The molecule has 2 heterocycles. The number of nitrogens with zero attached hydrogens (tertiary/aromatic N) is 2. The minimum atomic E-state index is -0.621. The number of carbonyl (C=O) groups excluding carboxylic acids is 1. The minimum absolute atomic E-state index is 0.0731. The maximum absolute atomic E-state index is 13.1. The lowest BCUT2D eigenvalue weighted by molar-refractivity contribution is 0.0910. The van der Waals surface area contributed by atoms with Crippen molar-refractivity contribution in [3.63, 3.8) is 0 Å². The van der Waals surface area contributed by atoms with E-state index in [4.69, 9.17) is 9.15 Å². The topological polar surface area (TPSA) is 89.5 Å². The van der Waals surface area contributed by atoms with Crippen LogP contribution in [0.2, 0.25) is 0 Å². The third kappa shape index (κ3) is 3.74. The van der Waals surface area contributed by atoms with Crippen LogP contribution in [0, 0.1) is 19.3 Å². The summed E-state index contributed by atoms with van der Waals surface area (Å²) in [6.45, 7) is 7.94. The van der Waals surface area contributed by atoms with Gasteiger partial charge in [0.05, 0.1) is 18.9 Å². The Bertz CT molecular complexity index is 1140. The maximum atomic E-state index is 13.1. The van der Waals surface area contributed by atoms with Crippen molar-refractivity contribution in [2.75, 3.05) is 12.4 Å². The molecule has 2 N–H and O–H groups in total. The summed E-state index contributed by atoms with van der Waals surface area (Å²) >= 11 is 0. The van der Waals surface area contributed by atoms with Crippen LogP contribution in [-0.4, -0.2) is 27.9 Å². The Morgan fingerprint density at radius 2 is 1.94 bits per heavy atom. The summed E-state index contributed by atoms with van der Waals surface area (Å²) in [5.41, 5.74) is 3.96. The Morgan fingerprint density at radius 3 is 2.58 bits per heavy atom. The molecule has 1 atom stereocenters. The Hall–Kier alpha value is -3.06. The quantitative estimate of drug-likeness (QED) is 0.642. The first kappa shape index (κ1) is 21.2. The van der Waals surface area contributed by atoms with Crippen LogP contribution in [0.3, 0.4) is 0 Å². The van der Waals surface area contributed by atoms with E-state index >= 15 is 0 Å². The number of aliphatic hydroxyl groups excluding tert-OH is 1. The van der Waals surface area contributed by atoms with Gasteiger partial charge < -0.3 is 19.6 Å². The predicted molar refractivity (Wildman–Crippen MR) is 118 cm³/mol. The first-order chi connectivity index (χ1) is 14.6. The Balaban J connectivity index is 1.63. The van der Waals surface area contributed by atoms with Crippen molar-refractivity contribution in [3.05, 3.63) is 52.5 Å². The summed E-state index contributed by atoms with van der Waals surface area (Å²) in [4.78, 5) is 13.1. The molecule has 0 aliphatic heterocycles. The van der Waals surface area contributed by atoms with Crippen molar-refractivity contribution in [1.29, 1.82) is 0 Å². The molecule has 0 saturated heterocycles. The number of rotatable bonds is 4. The third-order valence-corrected chi connectivity index (χ3v) is 6.07. The highest BCUT2D eigenvalue weighted by atomic mass is 16.5. The fourth-order valence-electron chi connectivity index (χ4n) is 4.49. The molecule has 4 rings (SSSR count). The van der Waals surface area contributed by atoms with Crippen LogP contribution >= 0.6 is 0 Å². The minimum Gasteiger partial charge on any atom is -0.497 e. The van der Waals surface area contributed by atoms with Crippen LogP contribution < -0.4 is 10.1 Å². The van der Waals surface area contributed by atoms with Crippen molar-refractivity contribution < 1.29 is 19.1 Å². The van der Waals surface area contributed by atoms with Crippen molar-refractivity contribution in [1.82, 2.24) is 9.78 Å². The first-order valence-corrected chi connectivity index (χ1v) is 10.4. The van der Waals surface area contributed by atoms with Crippen LogP contribution in [0.25, 0.3) is 11.3 Å². The second-order valence-corrected chi connectivity index (χ2v) is 9.08. The molecule has 0 radical (unpaired) electrons. The van der Waals surface area contributed by atoms with Crippen LogP contribution in [0.5, 0.6) is 5.75 Å². The van der Waals surface area contributed by atoms with Gasteiger partial charge in [-0.05, 0) is 49.9 Å². The Labute approximate surface area is 182 Å². The highest BCUT2D eigenvalue weighted by molar-refractivity contribution is 6.04. The molecular formula is C24H29N3O4. The van der Waals surface area contributed by atoms with Crippen molar-refractivity contribution in [2.24, 2.45) is 12.5 Å². The lowest BCUT2D eigenvalue weighted by Crippen LogP contribution is -2.24. The molecule has 0 spiro atoms. The summed E-state index contributed by atoms with van der Waals surface area (Å²) in [6, 6.07) is 7.64. The molecule has 164 valence electrons. The second-order valence-electron chi connectivity index (χ2n) is 9.08. The monoisotopic (exact) mass is 423 g/mol. The highest BCUT2D eigenvalue weighted by Crippen LogP contribution is 2.44. The lowest BCUT2D eigenvalue weighted by atomic mass is 9.75. The number of fused-ring (bicyclic) bond motifs is 1. The largest absolute Gasteiger partial charge is 0.497 e. The highest BCUT2D eigenvalue weighted by Gasteiger charge is 2.37. The van der Waals surface area contributed by atoms with Gasteiger partial charge in [0.25, 0.3) is 5.91 Å². The molecule has 3 aromatic rings. The molecule has 2 aromatic heterocycles. The van der Waals surface area contributed by atoms with E-state index in [2.05, 4.69) is 24.3 Å². The van der Waals surface area contributed by atoms with E-state index < -0.39 is 6.10 Å². The number of benzene rings is 1. The summed E-state index contributed by atoms with van der Waals surface area (Å²) in [5, 5.41) is 18.1. The van der Waals surface area contributed by atoms with Gasteiger partial charge in [0.15, 0.2) is 5.76 Å². The fourth-order valence-corrected chi connectivity index (χ4v) is 4.49. The van der Waals surface area contributed by atoms with E-state index in [0.29, 0.717) is 30.0 Å². The molecule has 1 aromatic carbocycles. The molecule has 7 heteroatoms. The van der Waals surface area contributed by atoms with Crippen molar-refractivity contribution in [3.8, 4) is 17.0 Å². The summed E-state index contributed by atoms with van der Waals surface area (Å²) < 4.78 is 12.8. The zero-order valence-corrected chi connectivity index (χ0v) is 18.9. The maximum Gasteiger partial charge on any atom is 0.292 e. The van der Waals surface area contributed by atoms with E-state index in [1.807, 2.05) is 38.1 Å². The van der Waals surface area contributed by atoms with E-state index in [0.717, 1.165) is 28.1 Å². The van der Waals surface area contributed by atoms with Gasteiger partial charge in [0, 0.05) is 35.7 Å². The average Bonchev–Trinajstić information content (AvgIpc) is 3.18. The summed E-state index contributed by atoms with van der Waals surface area (Å²) in [6.07, 6.45) is 0.719. The number of aliphatic hydroxyl groups is 1. The van der Waals surface area contributed by atoms with Gasteiger partial charge in [-0.2, -0.15) is 5.10 Å². The number of nitrogens with one attached hydrogen (secondary N) is 1. The molecule has 0 unspecified atom stereocenters. The zero-order chi connectivity index (χ0) is 22.5. The number of aryl methyl sites for hydroxylation is 1. The van der Waals surface area contributed by atoms with Gasteiger partial charge in [-0.15, -0.1) is 0 Å². The first-order valence-electron chi connectivity index (χ1n) is 10.4. The van der Waals surface area contributed by atoms with E-state index in [1.165, 1.54) is 0 Å². The molecule has 1 amide bonds. The normalized spacial score (nSPS) is 17.3. The number of aromatic nitrogens is 2. The lowest BCUT2D eigenvalue weighted by Gasteiger charge is -2.31. The number of amides is 1. The smallest absolute Gasteiger partial charge is 0.292 e. The molecule has 0 bridgehead atoms. The number of hydrogen-bond donors (Lipinski definition) is 2. The molecule has 0 saturated carbocycles. The molecule has 1 aliphatic rings. The van der Waals surface area contributed by atoms with Crippen LogP contribution in [-0.2, 0) is 13.5 Å². The van der Waals surface area contributed by atoms with Gasteiger partial charge in [0.2, 0.25) is 0 Å². The molecule has 0 fully saturated rings. The number of anilines is 1. The van der Waals surface area contributed by atoms with Crippen LogP contribution in [0.15, 0.2) is 28.7 Å². The fraction of sp³-hybridized carbons (Fsp3) is 0.417. The molecule has 1 aliphatic carbocycles. The number of ether oxygens (including phenoxy) is 1. The molecule has 31 heavy (non-hydrogen) atoms. The summed E-state index contributed by atoms with van der Waals surface area (Å²) in [5.74, 6) is 1.98. The Morgan fingerprint density at radius 1 is 1.26 bits per heavy atom. The number of carbonyl (C=O) groups is 1. The van der Waals surface area contributed by atoms with Gasteiger partial charge >= 0.3 is 0 Å². The van der Waals surface area contributed by atoms with Gasteiger partial charge in [-0.1, -0.05) is 13.8 Å². The SMILES string of the molecule is COc1ccc(-c2nn(C)c(NC(=O)c3oc4c(c3C)[C@H](O)CC(C)(C)C4)c2C)cc1. The molecular weight excluding hydrogens is 394 g/mol. The van der Waals surface area contributed by atoms with Gasteiger partial charge in [-0.25, -0.2) is 0 Å². The van der Waals surface area contributed by atoms with Gasteiger partial charge in [-0.3, -0.25) is 9.48 Å². The third-order valence-electron chi connectivity index (χ3n) is 6.07. The Kier molecular flexibility index (Phi) is 5.17. The standard InChI is InChI=1S/C24H29N3O4/c1-13-19-17(28)11-24(3,4)12-18(19)31-21(13)23(29)25-22-14(2)20(26-27(22)5)15-7-9-16(30-6)10-8-15/h7-10,17,28H,11-12H2,1-6H3,(H,25,29)/t17-/m1/s1. The summed E-state index contributed by atoms with van der Waals surface area (Å²) in [7, 11) is 3.42. The number of methoxy groups -OCH3 is 1. The number of furan rings is 1. The number of hydrogen-bond acceptors (Lipinski definition) is 5. The van der Waals surface area contributed by atoms with E-state index in [1.54, 1.807) is 18.8 Å². The zero-order valence-electron chi connectivity index (χ0n) is 18.9. The van der Waals surface area contributed by atoms with E-state index in [-0.39, 0.29) is 17.1 Å². The predicted octanol–water partition coefficient (Wildman–Crippen LogP) is 4.56. The second kappa shape index (κ2) is 7.57. The molecule has 7 nitrogen and oxygen atoms in total. The van der Waals surface area contributed by atoms with E-state index in [9.17, 15) is 9.90 Å². The van der Waals surface area contributed by atoms with Crippen molar-refractivity contribution in [2.45, 2.75) is 46.6 Å². The van der Waals surface area contributed by atoms with Crippen LogP contribution in [0.1, 0.15) is 59.4 Å². The van der Waals surface area contributed by atoms with Gasteiger partial charge in [0.1, 0.15) is 17.3 Å². The van der Waals surface area contributed by atoms with Crippen molar-refractivity contribution >= 4 is 11.7 Å². The van der Waals surface area contributed by atoms with Crippen LogP contribution in [0.4, 0.5) is 5.82 Å². The average molecular weight is 424 g/mol.